The van der Waals surface area contributed by atoms with Crippen molar-refractivity contribution in [2.75, 3.05) is 43.1 Å². The van der Waals surface area contributed by atoms with Gasteiger partial charge in [-0.1, -0.05) is 30.3 Å². The van der Waals surface area contributed by atoms with Crippen LogP contribution in [0, 0.1) is 6.92 Å². The van der Waals surface area contributed by atoms with Gasteiger partial charge in [0.05, 0.1) is 13.2 Å². The Bertz CT molecular complexity index is 799. The fraction of sp³-hybridized carbons (Fsp3) is 0.400. The molecule has 1 N–H and O–H groups in total. The summed E-state index contributed by atoms with van der Waals surface area (Å²) in [4.78, 5) is 28.4. The van der Waals surface area contributed by atoms with Gasteiger partial charge in [-0.15, -0.1) is 11.3 Å². The monoisotopic (exact) mass is 404 g/mol. The van der Waals surface area contributed by atoms with Crippen LogP contribution in [0.2, 0.25) is 0 Å². The Morgan fingerprint density at radius 3 is 2.56 bits per heavy atom. The number of thioether (sulfide) groups is 1. The third kappa shape index (κ3) is 4.91. The third-order valence-corrected chi connectivity index (χ3v) is 6.31. The quantitative estimate of drug-likeness (QED) is 0.741. The molecule has 1 saturated heterocycles. The Labute approximate surface area is 168 Å². The SMILES string of the molecule is CCOC(=O)c1c(NC(=O)CN2CCSCC2)sc(C)c1-c1ccccc1. The summed E-state index contributed by atoms with van der Waals surface area (Å²) >= 11 is 3.34. The van der Waals surface area contributed by atoms with Gasteiger partial charge in [0.2, 0.25) is 5.91 Å². The van der Waals surface area contributed by atoms with Crippen LogP contribution in [0.5, 0.6) is 0 Å². The maximum Gasteiger partial charge on any atom is 0.341 e. The maximum atomic E-state index is 12.7. The minimum atomic E-state index is -0.398. The Balaban J connectivity index is 1.87. The molecule has 0 unspecified atom stereocenters. The lowest BCUT2D eigenvalue weighted by Crippen LogP contribution is -2.38. The van der Waals surface area contributed by atoms with Gasteiger partial charge in [0.1, 0.15) is 10.6 Å². The molecule has 5 nitrogen and oxygen atoms in total. The van der Waals surface area contributed by atoms with Gasteiger partial charge in [-0.25, -0.2) is 4.79 Å². The molecule has 1 fully saturated rings. The van der Waals surface area contributed by atoms with Gasteiger partial charge < -0.3 is 10.1 Å². The summed E-state index contributed by atoms with van der Waals surface area (Å²) in [6, 6.07) is 9.75. The van der Waals surface area contributed by atoms with Gasteiger partial charge in [0.15, 0.2) is 0 Å². The predicted molar refractivity (Wildman–Crippen MR) is 113 cm³/mol. The van der Waals surface area contributed by atoms with E-state index in [0.717, 1.165) is 40.6 Å². The standard InChI is InChI=1S/C20H24N2O3S2/c1-3-25-20(24)18-17(15-7-5-4-6-8-15)14(2)27-19(18)21-16(23)13-22-9-11-26-12-10-22/h4-8H,3,9-13H2,1-2H3,(H,21,23). The highest BCUT2D eigenvalue weighted by atomic mass is 32.2. The number of aryl methyl sites for hydroxylation is 1. The van der Waals surface area contributed by atoms with Crippen molar-refractivity contribution >= 4 is 40.0 Å². The first-order valence-corrected chi connectivity index (χ1v) is 11.0. The van der Waals surface area contributed by atoms with Crippen molar-refractivity contribution in [3.05, 3.63) is 40.8 Å². The fourth-order valence-electron chi connectivity index (χ4n) is 3.11. The van der Waals surface area contributed by atoms with Gasteiger partial charge >= 0.3 is 5.97 Å². The lowest BCUT2D eigenvalue weighted by molar-refractivity contribution is -0.117. The molecule has 0 spiro atoms. The Morgan fingerprint density at radius 2 is 1.89 bits per heavy atom. The molecule has 1 aromatic carbocycles. The Hall–Kier alpha value is -1.83. The number of hydrogen-bond donors (Lipinski definition) is 1. The molecule has 27 heavy (non-hydrogen) atoms. The number of esters is 1. The summed E-state index contributed by atoms with van der Waals surface area (Å²) in [5, 5.41) is 3.53. The third-order valence-electron chi connectivity index (χ3n) is 4.35. The van der Waals surface area contributed by atoms with Crippen LogP contribution in [0.3, 0.4) is 0 Å². The Morgan fingerprint density at radius 1 is 1.19 bits per heavy atom. The van der Waals surface area contributed by atoms with E-state index in [0.29, 0.717) is 23.7 Å². The first kappa shape index (κ1) is 19.9. The van der Waals surface area contributed by atoms with Gasteiger partial charge in [-0.05, 0) is 19.4 Å². The highest BCUT2D eigenvalue weighted by molar-refractivity contribution is 7.99. The number of amides is 1. The fourth-order valence-corrected chi connectivity index (χ4v) is 5.17. The molecule has 7 heteroatoms. The molecule has 1 amide bonds. The Kier molecular flexibility index (Phi) is 6.93. The summed E-state index contributed by atoms with van der Waals surface area (Å²) in [6.45, 7) is 6.23. The molecular weight excluding hydrogens is 380 g/mol. The van der Waals surface area contributed by atoms with E-state index in [1.807, 2.05) is 49.0 Å². The molecule has 0 saturated carbocycles. The minimum absolute atomic E-state index is 0.0895. The smallest absolute Gasteiger partial charge is 0.341 e. The van der Waals surface area contributed by atoms with E-state index in [9.17, 15) is 9.59 Å². The summed E-state index contributed by atoms with van der Waals surface area (Å²) in [5.41, 5.74) is 2.24. The van der Waals surface area contributed by atoms with Crippen LogP contribution in [0.4, 0.5) is 5.00 Å². The number of benzene rings is 1. The molecular formula is C20H24N2O3S2. The molecule has 0 bridgehead atoms. The van der Waals surface area contributed by atoms with E-state index in [4.69, 9.17) is 4.74 Å². The van der Waals surface area contributed by atoms with Crippen LogP contribution in [-0.2, 0) is 9.53 Å². The van der Waals surface area contributed by atoms with Crippen molar-refractivity contribution in [1.29, 1.82) is 0 Å². The predicted octanol–water partition coefficient (Wildman–Crippen LogP) is 3.89. The van der Waals surface area contributed by atoms with Crippen molar-refractivity contribution in [3.63, 3.8) is 0 Å². The molecule has 0 atom stereocenters. The average Bonchev–Trinajstić information content (AvgIpc) is 2.99. The summed E-state index contributed by atoms with van der Waals surface area (Å²) in [6.07, 6.45) is 0. The van der Waals surface area contributed by atoms with Crippen molar-refractivity contribution in [2.24, 2.45) is 0 Å². The van der Waals surface area contributed by atoms with Crippen molar-refractivity contribution in [3.8, 4) is 11.1 Å². The number of hydrogen-bond acceptors (Lipinski definition) is 6. The minimum Gasteiger partial charge on any atom is -0.462 e. The van der Waals surface area contributed by atoms with E-state index < -0.39 is 5.97 Å². The van der Waals surface area contributed by atoms with Gasteiger partial charge in [-0.2, -0.15) is 11.8 Å². The molecule has 0 aliphatic carbocycles. The number of anilines is 1. The molecule has 1 aromatic heterocycles. The maximum absolute atomic E-state index is 12.7. The second kappa shape index (κ2) is 9.39. The molecule has 3 rings (SSSR count). The molecule has 2 heterocycles. The van der Waals surface area contributed by atoms with Gasteiger partial charge in [-0.3, -0.25) is 9.69 Å². The number of rotatable bonds is 6. The summed E-state index contributed by atoms with van der Waals surface area (Å²) in [5.74, 6) is 1.62. The number of nitrogens with zero attached hydrogens (tertiary/aromatic N) is 1. The second-order valence-electron chi connectivity index (χ2n) is 6.26. The van der Waals surface area contributed by atoms with E-state index in [1.54, 1.807) is 6.92 Å². The zero-order chi connectivity index (χ0) is 19.2. The lowest BCUT2D eigenvalue weighted by atomic mass is 10.0. The van der Waals surface area contributed by atoms with Crippen LogP contribution >= 0.6 is 23.1 Å². The lowest BCUT2D eigenvalue weighted by Gasteiger charge is -2.25. The number of carbonyl (C=O) groups is 2. The number of carbonyl (C=O) groups excluding carboxylic acids is 2. The number of nitrogens with one attached hydrogen (secondary N) is 1. The molecule has 1 aliphatic rings. The van der Waals surface area contributed by atoms with Crippen LogP contribution < -0.4 is 5.32 Å². The van der Waals surface area contributed by atoms with Crippen LogP contribution in [0.25, 0.3) is 11.1 Å². The zero-order valence-electron chi connectivity index (χ0n) is 15.6. The number of thiophene rings is 1. The normalized spacial score (nSPS) is 14.7. The first-order chi connectivity index (χ1) is 13.1. The summed E-state index contributed by atoms with van der Waals surface area (Å²) in [7, 11) is 0. The van der Waals surface area contributed by atoms with Crippen LogP contribution in [0.15, 0.2) is 30.3 Å². The molecule has 2 aromatic rings. The van der Waals surface area contributed by atoms with Crippen LogP contribution in [-0.4, -0.2) is 54.5 Å². The van der Waals surface area contributed by atoms with Crippen molar-refractivity contribution in [1.82, 2.24) is 4.90 Å². The van der Waals surface area contributed by atoms with Gasteiger partial charge in [0.25, 0.3) is 0 Å². The van der Waals surface area contributed by atoms with E-state index in [-0.39, 0.29) is 5.91 Å². The molecule has 1 aliphatic heterocycles. The number of ether oxygens (including phenoxy) is 1. The van der Waals surface area contributed by atoms with E-state index in [1.165, 1.54) is 11.3 Å². The zero-order valence-corrected chi connectivity index (χ0v) is 17.3. The van der Waals surface area contributed by atoms with Gasteiger partial charge in [0, 0.05) is 35.0 Å². The second-order valence-corrected chi connectivity index (χ2v) is 8.71. The average molecular weight is 405 g/mol. The van der Waals surface area contributed by atoms with E-state index >= 15 is 0 Å². The first-order valence-electron chi connectivity index (χ1n) is 9.06. The summed E-state index contributed by atoms with van der Waals surface area (Å²) < 4.78 is 5.28. The highest BCUT2D eigenvalue weighted by Gasteiger charge is 2.26. The highest BCUT2D eigenvalue weighted by Crippen LogP contribution is 2.40. The van der Waals surface area contributed by atoms with E-state index in [2.05, 4.69) is 10.2 Å². The van der Waals surface area contributed by atoms with Crippen molar-refractivity contribution in [2.45, 2.75) is 13.8 Å². The molecule has 0 radical (unpaired) electrons. The largest absolute Gasteiger partial charge is 0.462 e. The van der Waals surface area contributed by atoms with Crippen LogP contribution in [0.1, 0.15) is 22.2 Å². The van der Waals surface area contributed by atoms with Crippen molar-refractivity contribution < 1.29 is 14.3 Å². The molecule has 144 valence electrons. The topological polar surface area (TPSA) is 58.6 Å².